The molecule has 0 amide bonds. The molecule has 0 fully saturated rings. The summed E-state index contributed by atoms with van der Waals surface area (Å²) in [7, 11) is -0.270. The van der Waals surface area contributed by atoms with Crippen molar-refractivity contribution < 1.29 is 37.3 Å². The highest BCUT2D eigenvalue weighted by molar-refractivity contribution is 9.10. The van der Waals surface area contributed by atoms with Gasteiger partial charge in [-0.25, -0.2) is 14.0 Å². The van der Waals surface area contributed by atoms with Crippen molar-refractivity contribution in [2.75, 3.05) is 7.11 Å². The fourth-order valence-corrected chi connectivity index (χ4v) is 3.04. The molecule has 0 heterocycles. The first kappa shape index (κ1) is 26.3. The van der Waals surface area contributed by atoms with Gasteiger partial charge in [-0.3, -0.25) is 0 Å². The Kier molecular flexibility index (Phi) is 9.80. The minimum Gasteiger partial charge on any atom is -0.478 e. The summed E-state index contributed by atoms with van der Waals surface area (Å²) >= 11 is 2.82. The van der Waals surface area contributed by atoms with Gasteiger partial charge in [0, 0.05) is 5.56 Å². The second-order valence-corrected chi connectivity index (χ2v) is 12.6. The number of carbonyl (C=O) groups is 2. The number of methoxy groups -OCH3 is 1. The smallest absolute Gasteiger partial charge is 0.387 e. The van der Waals surface area contributed by atoms with E-state index in [9.17, 15) is 22.8 Å². The molecule has 0 atom stereocenters. The standard InChI is InChI=1S/C12H14O2Si.C9H6BrF3O3/c1-15(2,3)8-7-10-5-4-6-11(9-10)12(13)14;1-15-8(14)4-2-5(10)7(6(11)3-4)16-9(12)13/h4-6,9H,1-3H3,(H,13,14);2-3,9H,1H3. The maximum absolute atomic E-state index is 13.3. The van der Waals surface area contributed by atoms with Crippen LogP contribution in [0, 0.1) is 17.3 Å². The lowest BCUT2D eigenvalue weighted by atomic mass is 10.1. The number of hydrogen-bond acceptors (Lipinski definition) is 4. The molecular formula is C21H20BrF3O5Si. The van der Waals surface area contributed by atoms with Crippen molar-refractivity contribution in [3.05, 3.63) is 63.4 Å². The molecule has 5 nitrogen and oxygen atoms in total. The minimum atomic E-state index is -3.14. The van der Waals surface area contributed by atoms with Crippen LogP contribution in [-0.4, -0.2) is 38.8 Å². The first-order valence-electron chi connectivity index (χ1n) is 8.72. The van der Waals surface area contributed by atoms with Crippen LogP contribution in [-0.2, 0) is 4.74 Å². The number of benzene rings is 2. The van der Waals surface area contributed by atoms with E-state index in [2.05, 4.69) is 56.5 Å². The van der Waals surface area contributed by atoms with Crippen LogP contribution in [0.1, 0.15) is 26.3 Å². The van der Waals surface area contributed by atoms with Crippen LogP contribution in [0.3, 0.4) is 0 Å². The molecule has 2 rings (SSSR count). The molecule has 10 heteroatoms. The maximum atomic E-state index is 13.3. The second kappa shape index (κ2) is 11.6. The van der Waals surface area contributed by atoms with E-state index in [0.29, 0.717) is 0 Å². The third kappa shape index (κ3) is 9.27. The van der Waals surface area contributed by atoms with Crippen molar-refractivity contribution in [1.82, 2.24) is 0 Å². The number of halogens is 4. The zero-order chi connectivity index (χ0) is 23.8. The third-order valence-electron chi connectivity index (χ3n) is 3.32. The van der Waals surface area contributed by atoms with E-state index in [1.165, 1.54) is 0 Å². The lowest BCUT2D eigenvalue weighted by Gasteiger charge is -2.09. The summed E-state index contributed by atoms with van der Waals surface area (Å²) < 4.78 is 45.3. The SMILES string of the molecule is COC(=O)c1cc(F)c(OC(F)F)c(Br)c1.C[Si](C)(C)C#Cc1cccc(C(=O)O)c1. The Morgan fingerprint density at radius 2 is 1.77 bits per heavy atom. The Bertz CT molecular complexity index is 987. The van der Waals surface area contributed by atoms with Crippen LogP contribution in [0.2, 0.25) is 19.6 Å². The number of carbonyl (C=O) groups excluding carboxylic acids is 1. The van der Waals surface area contributed by atoms with E-state index in [-0.39, 0.29) is 15.6 Å². The van der Waals surface area contributed by atoms with Gasteiger partial charge in [-0.15, -0.1) is 5.54 Å². The number of carboxylic acid groups (broad SMARTS) is 1. The van der Waals surface area contributed by atoms with Gasteiger partial charge in [-0.1, -0.05) is 31.6 Å². The number of hydrogen-bond donors (Lipinski definition) is 1. The summed E-state index contributed by atoms with van der Waals surface area (Å²) in [4.78, 5) is 21.8. The van der Waals surface area contributed by atoms with E-state index in [0.717, 1.165) is 24.8 Å². The number of rotatable bonds is 4. The van der Waals surface area contributed by atoms with Gasteiger partial charge in [0.15, 0.2) is 11.6 Å². The molecular weight excluding hydrogens is 497 g/mol. The van der Waals surface area contributed by atoms with Crippen LogP contribution < -0.4 is 4.74 Å². The number of ether oxygens (including phenoxy) is 2. The molecule has 0 aliphatic heterocycles. The first-order chi connectivity index (χ1) is 14.3. The van der Waals surface area contributed by atoms with Gasteiger partial charge in [-0.2, -0.15) is 8.78 Å². The average molecular weight is 517 g/mol. The van der Waals surface area contributed by atoms with Crippen LogP contribution in [0.25, 0.3) is 0 Å². The topological polar surface area (TPSA) is 72.8 Å². The predicted octanol–water partition coefficient (Wildman–Crippen LogP) is 5.59. The van der Waals surface area contributed by atoms with E-state index < -0.39 is 38.2 Å². The fraction of sp³-hybridized carbons (Fsp3) is 0.238. The minimum absolute atomic E-state index is 0.0896. The van der Waals surface area contributed by atoms with Crippen molar-refractivity contribution in [2.45, 2.75) is 26.3 Å². The second-order valence-electron chi connectivity index (χ2n) is 7.03. The molecule has 31 heavy (non-hydrogen) atoms. The molecule has 2 aromatic carbocycles. The molecule has 0 radical (unpaired) electrons. The molecule has 0 unspecified atom stereocenters. The molecule has 2 aromatic rings. The van der Waals surface area contributed by atoms with E-state index in [4.69, 9.17) is 5.11 Å². The fourth-order valence-electron chi connectivity index (χ4n) is 1.99. The van der Waals surface area contributed by atoms with Crippen molar-refractivity contribution in [2.24, 2.45) is 0 Å². The summed E-state index contributed by atoms with van der Waals surface area (Å²) in [6.07, 6.45) is 0. The van der Waals surface area contributed by atoms with Gasteiger partial charge in [0.25, 0.3) is 0 Å². The van der Waals surface area contributed by atoms with Gasteiger partial charge >= 0.3 is 18.6 Å². The molecule has 0 saturated heterocycles. The lowest BCUT2D eigenvalue weighted by molar-refractivity contribution is -0.0527. The Morgan fingerprint density at radius 1 is 1.13 bits per heavy atom. The summed E-state index contributed by atoms with van der Waals surface area (Å²) in [6, 6.07) is 8.62. The Morgan fingerprint density at radius 3 is 2.26 bits per heavy atom. The van der Waals surface area contributed by atoms with Crippen molar-refractivity contribution in [3.63, 3.8) is 0 Å². The highest BCUT2D eigenvalue weighted by Gasteiger charge is 2.18. The molecule has 0 spiro atoms. The summed E-state index contributed by atoms with van der Waals surface area (Å²) in [5.41, 5.74) is 4.16. The normalized spacial score (nSPS) is 10.4. The number of esters is 1. The highest BCUT2D eigenvalue weighted by Crippen LogP contribution is 2.31. The molecule has 0 aromatic heterocycles. The molecule has 1 N–H and O–H groups in total. The number of carboxylic acids is 1. The lowest BCUT2D eigenvalue weighted by Crippen LogP contribution is -2.16. The van der Waals surface area contributed by atoms with Gasteiger partial charge in [-0.05, 0) is 46.3 Å². The molecule has 0 aliphatic carbocycles. The van der Waals surface area contributed by atoms with Crippen molar-refractivity contribution in [1.29, 1.82) is 0 Å². The maximum Gasteiger partial charge on any atom is 0.387 e. The van der Waals surface area contributed by atoms with Gasteiger partial charge in [0.2, 0.25) is 0 Å². The first-order valence-corrected chi connectivity index (χ1v) is 13.0. The monoisotopic (exact) mass is 516 g/mol. The van der Waals surface area contributed by atoms with Crippen LogP contribution in [0.5, 0.6) is 5.75 Å². The quantitative estimate of drug-likeness (QED) is 0.325. The van der Waals surface area contributed by atoms with E-state index >= 15 is 0 Å². The van der Waals surface area contributed by atoms with Gasteiger partial charge < -0.3 is 14.6 Å². The van der Waals surface area contributed by atoms with E-state index in [1.54, 1.807) is 18.2 Å². The highest BCUT2D eigenvalue weighted by atomic mass is 79.9. The number of aromatic carboxylic acids is 1. The van der Waals surface area contributed by atoms with Crippen LogP contribution >= 0.6 is 15.9 Å². The average Bonchev–Trinajstić information content (AvgIpc) is 2.68. The zero-order valence-corrected chi connectivity index (χ0v) is 19.7. The summed E-state index contributed by atoms with van der Waals surface area (Å²) in [5.74, 6) is -0.381. The Balaban J connectivity index is 0.000000311. The predicted molar refractivity (Wildman–Crippen MR) is 116 cm³/mol. The van der Waals surface area contributed by atoms with Gasteiger partial charge in [0.1, 0.15) is 8.07 Å². The molecule has 0 saturated carbocycles. The molecule has 0 aliphatic rings. The van der Waals surface area contributed by atoms with Crippen LogP contribution in [0.4, 0.5) is 13.2 Å². The Hall–Kier alpha value is -2.77. The third-order valence-corrected chi connectivity index (χ3v) is 4.78. The van der Waals surface area contributed by atoms with Crippen molar-refractivity contribution >= 4 is 35.9 Å². The van der Waals surface area contributed by atoms with Crippen LogP contribution in [0.15, 0.2) is 40.9 Å². The number of alkyl halides is 2. The van der Waals surface area contributed by atoms with Gasteiger partial charge in [0.05, 0.1) is 22.7 Å². The summed E-state index contributed by atoms with van der Waals surface area (Å²) in [5, 5.41) is 8.80. The Labute approximate surface area is 187 Å². The van der Waals surface area contributed by atoms with Crippen molar-refractivity contribution in [3.8, 4) is 17.2 Å². The molecule has 0 bridgehead atoms. The zero-order valence-electron chi connectivity index (χ0n) is 17.1. The molecule has 166 valence electrons. The van der Waals surface area contributed by atoms with E-state index in [1.807, 2.05) is 6.07 Å². The summed E-state index contributed by atoms with van der Waals surface area (Å²) in [6.45, 7) is 3.32. The largest absolute Gasteiger partial charge is 0.478 e.